The maximum atomic E-state index is 13.4. The second-order valence-corrected chi connectivity index (χ2v) is 24.3. The van der Waals surface area contributed by atoms with Crippen molar-refractivity contribution in [3.8, 4) is 0 Å². The number of hydrogen-bond acceptors (Lipinski definition) is 8. The van der Waals surface area contributed by atoms with E-state index in [0.29, 0.717) is 49.2 Å². The van der Waals surface area contributed by atoms with E-state index >= 15 is 0 Å². The van der Waals surface area contributed by atoms with Gasteiger partial charge < -0.3 is 20.3 Å². The SMILES string of the molecule is C=C(C)[C@@H]1CC[C@]2(NCC(C(C)O)N3CCS(=O)(=O)CC3)CC[C@]3(C)[C@H](CC[C@@H]4[C@@]5(C)CC[C@H](OC(=O)C[C@@H]6[C@H](C(=O)O)C6(C)C)C(C)(C)[C@@H]5CC[C@]43C)[C@@H]12. The van der Waals surface area contributed by atoms with E-state index in [4.69, 9.17) is 4.74 Å². The number of carboxylic acids is 1. The van der Waals surface area contributed by atoms with Crippen molar-refractivity contribution in [2.24, 2.45) is 68.5 Å². The Hall–Kier alpha value is -1.49. The Balaban J connectivity index is 1.09. The largest absolute Gasteiger partial charge is 0.481 e. The number of nitrogens with one attached hydrogen (secondary N) is 1. The minimum absolute atomic E-state index is 0.0167. The van der Waals surface area contributed by atoms with Gasteiger partial charge in [-0.1, -0.05) is 60.6 Å². The number of esters is 1. The van der Waals surface area contributed by atoms with Gasteiger partial charge in [-0.05, 0) is 135 Å². The lowest BCUT2D eigenvalue weighted by atomic mass is 9.32. The van der Waals surface area contributed by atoms with Crippen molar-refractivity contribution < 1.29 is 33.0 Å². The van der Waals surface area contributed by atoms with Crippen LogP contribution in [0.2, 0.25) is 0 Å². The maximum absolute atomic E-state index is 13.4. The summed E-state index contributed by atoms with van der Waals surface area (Å²) in [6, 6.07) is -0.119. The summed E-state index contributed by atoms with van der Waals surface area (Å²) >= 11 is 0. The lowest BCUT2D eigenvalue weighted by Crippen LogP contribution is -2.69. The highest BCUT2D eigenvalue weighted by Gasteiger charge is 2.71. The molecule has 1 saturated heterocycles. The van der Waals surface area contributed by atoms with Gasteiger partial charge in [-0.2, -0.15) is 0 Å². The predicted molar refractivity (Wildman–Crippen MR) is 216 cm³/mol. The number of aliphatic hydroxyl groups is 1. The molecule has 0 aromatic heterocycles. The fourth-order valence-electron chi connectivity index (χ4n) is 15.6. The second kappa shape index (κ2) is 13.8. The number of aliphatic carboxylic acids is 1. The van der Waals surface area contributed by atoms with Crippen LogP contribution in [0, 0.1) is 68.5 Å². The molecule has 6 saturated carbocycles. The summed E-state index contributed by atoms with van der Waals surface area (Å²) < 4.78 is 30.8. The van der Waals surface area contributed by atoms with E-state index < -0.39 is 27.8 Å². The van der Waals surface area contributed by atoms with Gasteiger partial charge in [-0.25, -0.2) is 8.42 Å². The number of carboxylic acid groups (broad SMARTS) is 1. The van der Waals surface area contributed by atoms with Crippen LogP contribution in [0.3, 0.4) is 0 Å². The Kier molecular flexibility index (Phi) is 10.4. The number of hydrogen-bond donors (Lipinski definition) is 3. The van der Waals surface area contributed by atoms with Crippen LogP contribution in [-0.4, -0.2) is 90.4 Å². The number of sulfone groups is 1. The third-order valence-electron chi connectivity index (χ3n) is 19.1. The first-order chi connectivity index (χ1) is 25.5. The molecule has 0 amide bonds. The number of allylic oxidation sites excluding steroid dienone is 1. The van der Waals surface area contributed by atoms with Crippen LogP contribution in [-0.2, 0) is 24.2 Å². The van der Waals surface area contributed by atoms with Crippen molar-refractivity contribution in [1.29, 1.82) is 0 Å². The van der Waals surface area contributed by atoms with E-state index in [9.17, 15) is 28.2 Å². The first kappa shape index (κ1) is 41.7. The van der Waals surface area contributed by atoms with Crippen molar-refractivity contribution in [3.05, 3.63) is 12.2 Å². The molecule has 9 nitrogen and oxygen atoms in total. The van der Waals surface area contributed by atoms with Crippen molar-refractivity contribution in [1.82, 2.24) is 10.2 Å². The van der Waals surface area contributed by atoms with Gasteiger partial charge in [0.05, 0.1) is 23.5 Å². The van der Waals surface area contributed by atoms with Crippen molar-refractivity contribution in [2.75, 3.05) is 31.1 Å². The Morgan fingerprint density at radius 2 is 1.55 bits per heavy atom. The molecule has 3 N–H and O–H groups in total. The van der Waals surface area contributed by atoms with Gasteiger partial charge in [0.25, 0.3) is 0 Å². The van der Waals surface area contributed by atoms with E-state index in [1.807, 2.05) is 20.8 Å². The van der Waals surface area contributed by atoms with Gasteiger partial charge in [0.2, 0.25) is 0 Å². The number of ether oxygens (including phenoxy) is 1. The number of nitrogens with zero attached hydrogens (tertiary/aromatic N) is 1. The summed E-state index contributed by atoms with van der Waals surface area (Å²) in [5.74, 6) is 1.18. The van der Waals surface area contributed by atoms with E-state index in [1.54, 1.807) is 0 Å². The van der Waals surface area contributed by atoms with E-state index in [1.165, 1.54) is 31.3 Å². The first-order valence-electron chi connectivity index (χ1n) is 21.9. The molecule has 312 valence electrons. The van der Waals surface area contributed by atoms with Gasteiger partial charge in [0.15, 0.2) is 9.84 Å². The van der Waals surface area contributed by atoms with Crippen LogP contribution in [0.4, 0.5) is 0 Å². The summed E-state index contributed by atoms with van der Waals surface area (Å²) in [5.41, 5.74) is 1.24. The van der Waals surface area contributed by atoms with Crippen molar-refractivity contribution in [2.45, 2.75) is 157 Å². The van der Waals surface area contributed by atoms with E-state index in [-0.39, 0.29) is 74.6 Å². The number of rotatable bonds is 10. The zero-order valence-corrected chi connectivity index (χ0v) is 36.4. The Morgan fingerprint density at radius 1 is 0.873 bits per heavy atom. The smallest absolute Gasteiger partial charge is 0.307 e. The molecule has 7 aliphatic rings. The second-order valence-electron chi connectivity index (χ2n) is 22.0. The first-order valence-corrected chi connectivity index (χ1v) is 23.7. The van der Waals surface area contributed by atoms with E-state index in [0.717, 1.165) is 38.5 Å². The monoisotopic (exact) mass is 787 g/mol. The molecule has 7 fully saturated rings. The third kappa shape index (κ3) is 6.50. The van der Waals surface area contributed by atoms with Gasteiger partial charge >= 0.3 is 11.9 Å². The minimum Gasteiger partial charge on any atom is -0.481 e. The van der Waals surface area contributed by atoms with Crippen LogP contribution in [0.5, 0.6) is 0 Å². The predicted octanol–water partition coefficient (Wildman–Crippen LogP) is 7.12. The molecule has 0 aromatic carbocycles. The normalized spacial score (nSPS) is 46.5. The number of aliphatic hydroxyl groups excluding tert-OH is 1. The fourth-order valence-corrected chi connectivity index (χ4v) is 16.8. The van der Waals surface area contributed by atoms with Crippen molar-refractivity contribution >= 4 is 21.8 Å². The summed E-state index contributed by atoms with van der Waals surface area (Å²) in [6.07, 6.45) is 10.7. The lowest BCUT2D eigenvalue weighted by molar-refractivity contribution is -0.246. The lowest BCUT2D eigenvalue weighted by Gasteiger charge is -2.73. The van der Waals surface area contributed by atoms with Gasteiger partial charge in [0.1, 0.15) is 6.10 Å². The van der Waals surface area contributed by atoms with E-state index in [2.05, 4.69) is 58.3 Å². The standard InChI is InChI=1S/C45H74N2O7S/c1-27(2)29-13-18-45(46-26-32(28(3)48)47-21-23-55(52,53)24-22-47)20-19-43(9)30(37(29)45)11-12-34-42(8)16-15-35(41(6,7)33(42)14-17-44(34,43)10)54-36(49)25-31-38(39(50)51)40(31,4)5/h28-35,37-38,46,48H,1,11-26H2,2-10H3,(H,50,51)/t28?,29-,30+,31+,32?,33-,34+,35-,37+,38+,42-,43+,44+,45-/m0/s1. The van der Waals surface area contributed by atoms with Gasteiger partial charge in [0, 0.05) is 43.1 Å². The van der Waals surface area contributed by atoms with Crippen LogP contribution < -0.4 is 5.32 Å². The molecular formula is C45H74N2O7S. The van der Waals surface area contributed by atoms with Crippen LogP contribution >= 0.6 is 0 Å². The molecule has 0 bridgehead atoms. The van der Waals surface area contributed by atoms with Gasteiger partial charge in [-0.3, -0.25) is 14.5 Å². The zero-order valence-electron chi connectivity index (χ0n) is 35.6. The van der Waals surface area contributed by atoms with Crippen molar-refractivity contribution in [3.63, 3.8) is 0 Å². The molecule has 0 radical (unpaired) electrons. The minimum atomic E-state index is -3.00. The number of carbonyl (C=O) groups is 2. The van der Waals surface area contributed by atoms with Crippen LogP contribution in [0.1, 0.15) is 133 Å². The Morgan fingerprint density at radius 3 is 2.15 bits per heavy atom. The molecule has 14 atom stereocenters. The third-order valence-corrected chi connectivity index (χ3v) is 20.7. The molecule has 0 aromatic rings. The molecule has 55 heavy (non-hydrogen) atoms. The average Bonchev–Trinajstić information content (AvgIpc) is 3.41. The Bertz CT molecular complexity index is 1640. The highest BCUT2D eigenvalue weighted by atomic mass is 32.2. The average molecular weight is 787 g/mol. The molecule has 0 spiro atoms. The fraction of sp³-hybridized carbons (Fsp3) is 0.911. The zero-order chi connectivity index (χ0) is 40.3. The summed E-state index contributed by atoms with van der Waals surface area (Å²) in [4.78, 5) is 27.4. The highest BCUT2D eigenvalue weighted by molar-refractivity contribution is 7.91. The maximum Gasteiger partial charge on any atom is 0.307 e. The Labute approximate surface area is 332 Å². The molecule has 2 unspecified atom stereocenters. The molecule has 10 heteroatoms. The number of carbonyl (C=O) groups excluding carboxylic acids is 1. The van der Waals surface area contributed by atoms with Crippen LogP contribution in [0.15, 0.2) is 12.2 Å². The molecule has 1 heterocycles. The summed E-state index contributed by atoms with van der Waals surface area (Å²) in [5, 5.41) is 24.8. The molecule has 7 rings (SSSR count). The summed E-state index contributed by atoms with van der Waals surface area (Å²) in [6.45, 7) is 26.8. The topological polar surface area (TPSA) is 133 Å². The van der Waals surface area contributed by atoms with Gasteiger partial charge in [-0.15, -0.1) is 0 Å². The molecule has 6 aliphatic carbocycles. The summed E-state index contributed by atoms with van der Waals surface area (Å²) in [7, 11) is -3.00. The molecular weight excluding hydrogens is 713 g/mol. The quantitative estimate of drug-likeness (QED) is 0.156. The van der Waals surface area contributed by atoms with Crippen LogP contribution in [0.25, 0.3) is 0 Å². The highest BCUT2D eigenvalue weighted by Crippen LogP contribution is 2.76. The molecule has 1 aliphatic heterocycles. The number of fused-ring (bicyclic) bond motifs is 7.